The molecule has 0 saturated carbocycles. The molecule has 0 bridgehead atoms. The summed E-state index contributed by atoms with van der Waals surface area (Å²) < 4.78 is 18.8. The van der Waals surface area contributed by atoms with Crippen molar-refractivity contribution in [2.75, 3.05) is 18.6 Å². The van der Waals surface area contributed by atoms with Gasteiger partial charge in [0.2, 0.25) is 5.91 Å². The highest BCUT2D eigenvalue weighted by Crippen LogP contribution is 2.16. The van der Waals surface area contributed by atoms with Gasteiger partial charge in [0.15, 0.2) is 11.6 Å². The van der Waals surface area contributed by atoms with E-state index < -0.39 is 5.82 Å². The second-order valence-electron chi connectivity index (χ2n) is 4.46. The van der Waals surface area contributed by atoms with Crippen LogP contribution < -0.4 is 10.1 Å². The Morgan fingerprint density at radius 2 is 2.11 bits per heavy atom. The highest BCUT2D eigenvalue weighted by Gasteiger charge is 2.14. The Morgan fingerprint density at radius 1 is 1.42 bits per heavy atom. The largest absolute Gasteiger partial charge is 0.486 e. The van der Waals surface area contributed by atoms with Crippen molar-refractivity contribution in [1.82, 2.24) is 5.32 Å². The summed E-state index contributed by atoms with van der Waals surface area (Å²) in [6.07, 6.45) is 1.69. The molecule has 2 atom stereocenters. The molecule has 5 heteroatoms. The number of thioether (sulfide) groups is 1. The van der Waals surface area contributed by atoms with Crippen molar-refractivity contribution in [3.63, 3.8) is 0 Å². The molecule has 0 aliphatic carbocycles. The van der Waals surface area contributed by atoms with E-state index in [0.29, 0.717) is 6.54 Å². The first kappa shape index (κ1) is 15.8. The molecule has 0 aliphatic rings. The van der Waals surface area contributed by atoms with E-state index >= 15 is 0 Å². The van der Waals surface area contributed by atoms with Gasteiger partial charge < -0.3 is 10.1 Å². The van der Waals surface area contributed by atoms with E-state index in [-0.39, 0.29) is 23.7 Å². The van der Waals surface area contributed by atoms with Crippen molar-refractivity contribution in [2.45, 2.75) is 20.0 Å². The molecule has 0 saturated heterocycles. The molecule has 0 aliphatic heterocycles. The third kappa shape index (κ3) is 5.51. The predicted molar refractivity (Wildman–Crippen MR) is 77.0 cm³/mol. The van der Waals surface area contributed by atoms with Crippen LogP contribution in [0.3, 0.4) is 0 Å². The van der Waals surface area contributed by atoms with Gasteiger partial charge in [-0.2, -0.15) is 11.8 Å². The van der Waals surface area contributed by atoms with E-state index in [1.54, 1.807) is 36.9 Å². The average Bonchev–Trinajstić information content (AvgIpc) is 2.39. The Bertz CT molecular complexity index is 414. The number of amides is 1. The zero-order valence-electron chi connectivity index (χ0n) is 11.5. The van der Waals surface area contributed by atoms with Gasteiger partial charge in [-0.25, -0.2) is 4.39 Å². The highest BCUT2D eigenvalue weighted by atomic mass is 32.2. The molecule has 1 N–H and O–H groups in total. The molecular weight excluding hydrogens is 265 g/mol. The summed E-state index contributed by atoms with van der Waals surface area (Å²) in [6.45, 7) is 4.05. The Balaban J connectivity index is 2.38. The number of ether oxygens (including phenoxy) is 1. The van der Waals surface area contributed by atoms with Crippen molar-refractivity contribution >= 4 is 17.7 Å². The lowest BCUT2D eigenvalue weighted by atomic mass is 10.2. The Morgan fingerprint density at radius 3 is 2.74 bits per heavy atom. The van der Waals surface area contributed by atoms with Gasteiger partial charge in [-0.1, -0.05) is 19.1 Å². The summed E-state index contributed by atoms with van der Waals surface area (Å²) in [7, 11) is 0. The lowest BCUT2D eigenvalue weighted by Crippen LogP contribution is -2.37. The minimum atomic E-state index is -0.392. The molecule has 0 unspecified atom stereocenters. The molecule has 0 heterocycles. The lowest BCUT2D eigenvalue weighted by molar-refractivity contribution is -0.124. The maximum absolute atomic E-state index is 13.4. The van der Waals surface area contributed by atoms with Crippen LogP contribution in [-0.2, 0) is 4.79 Å². The molecule has 19 heavy (non-hydrogen) atoms. The first-order valence-corrected chi connectivity index (χ1v) is 7.61. The summed E-state index contributed by atoms with van der Waals surface area (Å²) in [5.41, 5.74) is 0. The van der Waals surface area contributed by atoms with Crippen LogP contribution >= 0.6 is 11.8 Å². The third-order valence-corrected chi connectivity index (χ3v) is 3.43. The number of nitrogens with one attached hydrogen (secondary N) is 1. The van der Waals surface area contributed by atoms with Gasteiger partial charge in [-0.05, 0) is 25.3 Å². The second kappa shape index (κ2) is 8.04. The summed E-state index contributed by atoms with van der Waals surface area (Å²) in [4.78, 5) is 11.7. The molecule has 0 radical (unpaired) electrons. The summed E-state index contributed by atoms with van der Waals surface area (Å²) in [5.74, 6) is 0.570. The molecule has 1 aromatic carbocycles. The van der Waals surface area contributed by atoms with Crippen LogP contribution in [-0.4, -0.2) is 30.6 Å². The van der Waals surface area contributed by atoms with Gasteiger partial charge in [0.1, 0.15) is 6.10 Å². The number of para-hydroxylation sites is 1. The number of hydrogen-bond acceptors (Lipinski definition) is 3. The fraction of sp³-hybridized carbons (Fsp3) is 0.500. The van der Waals surface area contributed by atoms with E-state index in [0.717, 1.165) is 5.75 Å². The standard InChI is InChI=1S/C14H20FNO2S/c1-10(9-19-3)14(17)16-8-11(2)18-13-7-5-4-6-12(13)15/h4-7,10-11H,8-9H2,1-3H3,(H,16,17)/t10-,11-/m0/s1. The van der Waals surface area contributed by atoms with Gasteiger partial charge in [0.05, 0.1) is 6.54 Å². The van der Waals surface area contributed by atoms with Gasteiger partial charge in [-0.3, -0.25) is 4.79 Å². The third-order valence-electron chi connectivity index (χ3n) is 2.59. The van der Waals surface area contributed by atoms with Crippen molar-refractivity contribution in [3.05, 3.63) is 30.1 Å². The molecule has 0 fully saturated rings. The number of benzene rings is 1. The topological polar surface area (TPSA) is 38.3 Å². The number of rotatable bonds is 7. The Kier molecular flexibility index (Phi) is 6.70. The van der Waals surface area contributed by atoms with Gasteiger partial charge >= 0.3 is 0 Å². The normalized spacial score (nSPS) is 13.7. The van der Waals surface area contributed by atoms with Crippen LogP contribution in [0, 0.1) is 11.7 Å². The van der Waals surface area contributed by atoms with Crippen LogP contribution in [0.25, 0.3) is 0 Å². The molecule has 0 spiro atoms. The van der Waals surface area contributed by atoms with Crippen molar-refractivity contribution < 1.29 is 13.9 Å². The first-order valence-electron chi connectivity index (χ1n) is 6.22. The minimum absolute atomic E-state index is 0.00154. The molecule has 106 valence electrons. The zero-order valence-corrected chi connectivity index (χ0v) is 12.3. The fourth-order valence-electron chi connectivity index (χ4n) is 1.54. The molecule has 3 nitrogen and oxygen atoms in total. The maximum atomic E-state index is 13.4. The van der Waals surface area contributed by atoms with E-state index in [1.807, 2.05) is 13.2 Å². The van der Waals surface area contributed by atoms with Crippen molar-refractivity contribution in [1.29, 1.82) is 0 Å². The van der Waals surface area contributed by atoms with Gasteiger partial charge in [0.25, 0.3) is 0 Å². The monoisotopic (exact) mass is 285 g/mol. The number of hydrogen-bond donors (Lipinski definition) is 1. The predicted octanol–water partition coefficient (Wildman–Crippen LogP) is 2.71. The van der Waals surface area contributed by atoms with E-state index in [9.17, 15) is 9.18 Å². The SMILES string of the molecule is CSC[C@H](C)C(=O)NC[C@H](C)Oc1ccccc1F. The highest BCUT2D eigenvalue weighted by molar-refractivity contribution is 7.98. The minimum Gasteiger partial charge on any atom is -0.486 e. The van der Waals surface area contributed by atoms with Crippen LogP contribution in [0.2, 0.25) is 0 Å². The summed E-state index contributed by atoms with van der Waals surface area (Å²) in [5, 5.41) is 2.81. The van der Waals surface area contributed by atoms with Crippen LogP contribution in [0.15, 0.2) is 24.3 Å². The quantitative estimate of drug-likeness (QED) is 0.837. The van der Waals surface area contributed by atoms with Crippen molar-refractivity contribution in [3.8, 4) is 5.75 Å². The number of carbonyl (C=O) groups is 1. The summed E-state index contributed by atoms with van der Waals surface area (Å²) in [6, 6.07) is 6.24. The van der Waals surface area contributed by atoms with E-state index in [4.69, 9.17) is 4.74 Å². The van der Waals surface area contributed by atoms with Gasteiger partial charge in [0, 0.05) is 11.7 Å². The fourth-order valence-corrected chi connectivity index (χ4v) is 2.19. The molecule has 1 amide bonds. The van der Waals surface area contributed by atoms with Crippen molar-refractivity contribution in [2.24, 2.45) is 5.92 Å². The maximum Gasteiger partial charge on any atom is 0.223 e. The first-order chi connectivity index (χ1) is 9.04. The molecule has 0 aromatic heterocycles. The zero-order chi connectivity index (χ0) is 14.3. The van der Waals surface area contributed by atoms with Crippen LogP contribution in [0.1, 0.15) is 13.8 Å². The number of halogens is 1. The lowest BCUT2D eigenvalue weighted by Gasteiger charge is -2.17. The van der Waals surface area contributed by atoms with E-state index in [2.05, 4.69) is 5.32 Å². The second-order valence-corrected chi connectivity index (χ2v) is 5.37. The Hall–Kier alpha value is -1.23. The number of carbonyl (C=O) groups excluding carboxylic acids is 1. The molecule has 1 rings (SSSR count). The summed E-state index contributed by atoms with van der Waals surface area (Å²) >= 11 is 1.64. The van der Waals surface area contributed by atoms with E-state index in [1.165, 1.54) is 6.07 Å². The molecule has 1 aromatic rings. The Labute approximate surface area is 117 Å². The van der Waals surface area contributed by atoms with Gasteiger partial charge in [-0.15, -0.1) is 0 Å². The smallest absolute Gasteiger partial charge is 0.223 e. The van der Waals surface area contributed by atoms with Crippen LogP contribution in [0.4, 0.5) is 4.39 Å². The van der Waals surface area contributed by atoms with Crippen LogP contribution in [0.5, 0.6) is 5.75 Å². The average molecular weight is 285 g/mol. The molecular formula is C14H20FNO2S.